The van der Waals surface area contributed by atoms with E-state index in [4.69, 9.17) is 31.9 Å². The molecule has 1 aromatic heterocycles. The highest BCUT2D eigenvalue weighted by Crippen LogP contribution is 2.45. The predicted molar refractivity (Wildman–Crippen MR) is 172 cm³/mol. The van der Waals surface area contributed by atoms with E-state index in [2.05, 4.69) is 0 Å². The van der Waals surface area contributed by atoms with Crippen LogP contribution < -0.4 is 0 Å². The molecule has 3 aromatic rings. The highest BCUT2D eigenvalue weighted by Gasteiger charge is 2.56. The van der Waals surface area contributed by atoms with Crippen LogP contribution in [-0.2, 0) is 43.5 Å². The average molecular weight is 689 g/mol. The van der Waals surface area contributed by atoms with E-state index in [0.717, 1.165) is 20.9 Å². The van der Waals surface area contributed by atoms with Crippen molar-refractivity contribution in [1.29, 1.82) is 0 Å². The third kappa shape index (κ3) is 7.12. The first-order valence-corrected chi connectivity index (χ1v) is 20.4. The lowest BCUT2D eigenvalue weighted by molar-refractivity contribution is -0.346. The van der Waals surface area contributed by atoms with Crippen molar-refractivity contribution in [3.63, 3.8) is 0 Å². The van der Waals surface area contributed by atoms with Crippen molar-refractivity contribution < 1.29 is 41.4 Å². The van der Waals surface area contributed by atoms with Crippen LogP contribution in [0, 0.1) is 12.7 Å². The molecule has 2 aromatic carbocycles. The molecule has 0 amide bonds. The number of thiophene rings is 1. The molecule has 4 rings (SSSR count). The van der Waals surface area contributed by atoms with Gasteiger partial charge in [-0.2, -0.15) is 0 Å². The number of rotatable bonds is 15. The summed E-state index contributed by atoms with van der Waals surface area (Å²) >= 11 is 1.48. The second-order valence-corrected chi connectivity index (χ2v) is 13.6. The van der Waals surface area contributed by atoms with E-state index < -0.39 is 36.0 Å². The molecule has 234 valence electrons. The molecule has 14 heteroatoms. The van der Waals surface area contributed by atoms with Crippen molar-refractivity contribution in [3.05, 3.63) is 82.0 Å². The van der Waals surface area contributed by atoms with Crippen LogP contribution in [0.15, 0.2) is 54.6 Å². The number of aryl methyl sites for hydroxylation is 1. The van der Waals surface area contributed by atoms with Crippen LogP contribution in [0.4, 0.5) is 4.39 Å². The zero-order valence-electron chi connectivity index (χ0n) is 25.8. The monoisotopic (exact) mass is 688 g/mol. The topological polar surface area (TPSA) is 84.8 Å². The fourth-order valence-corrected chi connectivity index (χ4v) is 8.58. The first-order valence-electron chi connectivity index (χ1n) is 14.0. The van der Waals surface area contributed by atoms with Crippen molar-refractivity contribution in [2.24, 2.45) is 0 Å². The van der Waals surface area contributed by atoms with Gasteiger partial charge in [-0.15, -0.1) is 11.3 Å². The van der Waals surface area contributed by atoms with Gasteiger partial charge >= 0.3 is 0 Å². The van der Waals surface area contributed by atoms with Gasteiger partial charge in [0.05, 0.1) is 11.5 Å². The Balaban J connectivity index is 1.83. The van der Waals surface area contributed by atoms with Crippen LogP contribution in [0.1, 0.15) is 21.6 Å². The third-order valence-electron chi connectivity index (χ3n) is 7.49. The van der Waals surface area contributed by atoms with Gasteiger partial charge in [0.15, 0.2) is 0 Å². The molecule has 1 fully saturated rings. The van der Waals surface area contributed by atoms with Crippen LogP contribution in [0.25, 0.3) is 10.4 Å². The number of hydrogen-bond acceptors (Lipinski definition) is 9. The molecule has 1 saturated heterocycles. The lowest BCUT2D eigenvalue weighted by atomic mass is 9.85. The second-order valence-electron chi connectivity index (χ2n) is 9.91. The minimum Gasteiger partial charge on any atom is -0.415 e. The number of hydrogen-bond donors (Lipinski definition) is 1. The molecule has 0 bridgehead atoms. The molecule has 0 saturated carbocycles. The van der Waals surface area contributed by atoms with Crippen LogP contribution in [0.5, 0.6) is 0 Å². The summed E-state index contributed by atoms with van der Waals surface area (Å²) in [6.45, 7) is 9.89. The van der Waals surface area contributed by atoms with Gasteiger partial charge in [-0.05, 0) is 74.6 Å². The Bertz CT molecular complexity index is 1340. The summed E-state index contributed by atoms with van der Waals surface area (Å²) in [6, 6.07) is 15.9. The van der Waals surface area contributed by atoms with Crippen LogP contribution in [0.2, 0.25) is 26.2 Å². The van der Waals surface area contributed by atoms with Crippen molar-refractivity contribution in [1.82, 2.24) is 0 Å². The zero-order chi connectivity index (χ0) is 31.9. The standard InChI is InChI=1S/C30H37FO8SSi4/c1-18-8-11-20(29(32)28(39-44-7)27(38-43-6)26(37-42-5)23(36-29)17-35-41-4)16-22(18)30(33-2,34-3)25-15-14-24(40-25)19-9-12-21(31)13-10-19/h8-16,23,26-28,32H,17H2,1-7H3/t23-,26-,27+,28-,29-/m0/s1. The van der Waals surface area contributed by atoms with Gasteiger partial charge in [0.2, 0.25) is 50.6 Å². The van der Waals surface area contributed by atoms with E-state index in [1.807, 2.05) is 63.4 Å². The van der Waals surface area contributed by atoms with Crippen LogP contribution in [0.3, 0.4) is 0 Å². The van der Waals surface area contributed by atoms with Gasteiger partial charge in [-0.25, -0.2) is 4.39 Å². The highest BCUT2D eigenvalue weighted by atomic mass is 32.1. The number of benzene rings is 2. The highest BCUT2D eigenvalue weighted by molar-refractivity contribution is 7.15. The van der Waals surface area contributed by atoms with Crippen molar-refractivity contribution >= 4 is 50.4 Å². The summed E-state index contributed by atoms with van der Waals surface area (Å²) < 4.78 is 56.9. The van der Waals surface area contributed by atoms with Crippen molar-refractivity contribution in [2.45, 2.75) is 69.1 Å². The summed E-state index contributed by atoms with van der Waals surface area (Å²) in [5.41, 5.74) is 2.91. The fraction of sp³-hybridized carbons (Fsp3) is 0.467. The van der Waals surface area contributed by atoms with E-state index in [0.29, 0.717) is 11.1 Å². The Morgan fingerprint density at radius 1 is 0.886 bits per heavy atom. The molecule has 0 aliphatic carbocycles. The summed E-state index contributed by atoms with van der Waals surface area (Å²) in [4.78, 5) is 1.71. The first-order chi connectivity index (χ1) is 21.2. The maximum atomic E-state index is 13.6. The molecule has 1 aliphatic heterocycles. The Kier molecular flexibility index (Phi) is 12.9. The van der Waals surface area contributed by atoms with E-state index in [-0.39, 0.29) is 51.5 Å². The minimum absolute atomic E-state index is 0.0540. The van der Waals surface area contributed by atoms with Crippen LogP contribution in [-0.4, -0.2) is 89.4 Å². The Morgan fingerprint density at radius 3 is 2.16 bits per heavy atom. The van der Waals surface area contributed by atoms with E-state index >= 15 is 0 Å². The molecule has 8 radical (unpaired) electrons. The summed E-state index contributed by atoms with van der Waals surface area (Å²) in [6.07, 6.45) is -2.61. The summed E-state index contributed by atoms with van der Waals surface area (Å²) in [5.74, 6) is -3.50. The normalized spacial score (nSPS) is 24.1. The van der Waals surface area contributed by atoms with Crippen LogP contribution >= 0.6 is 11.3 Å². The fourth-order valence-electron chi connectivity index (χ4n) is 5.44. The molecular formula is C30H37FO8SSi4. The quantitative estimate of drug-likeness (QED) is 0.181. The lowest BCUT2D eigenvalue weighted by Gasteiger charge is -2.51. The molecule has 44 heavy (non-hydrogen) atoms. The Labute approximate surface area is 273 Å². The maximum absolute atomic E-state index is 13.6. The molecule has 2 heterocycles. The number of halogens is 1. The summed E-state index contributed by atoms with van der Waals surface area (Å²) in [7, 11) is 3.77. The molecule has 0 spiro atoms. The Hall–Kier alpha value is -1.38. The molecule has 1 N–H and O–H groups in total. The minimum atomic E-state index is -1.90. The van der Waals surface area contributed by atoms with Crippen molar-refractivity contribution in [2.75, 3.05) is 20.8 Å². The average Bonchev–Trinajstić information content (AvgIpc) is 3.52. The van der Waals surface area contributed by atoms with Crippen molar-refractivity contribution in [3.8, 4) is 10.4 Å². The lowest BCUT2D eigenvalue weighted by Crippen LogP contribution is -2.66. The van der Waals surface area contributed by atoms with Gasteiger partial charge in [0.25, 0.3) is 0 Å². The van der Waals surface area contributed by atoms with E-state index in [1.54, 1.807) is 26.4 Å². The SMILES string of the molecule is COC(OC)(c1ccc(-c2ccc(F)cc2)s1)c1cc([C@]2(O)O[C@@H](CO[Si]C)[C@H](O[Si]C)[C@@H](O[Si]C)[C@@H]2O[Si]C)ccc1C. The molecular weight excluding hydrogens is 652 g/mol. The zero-order valence-corrected chi connectivity index (χ0v) is 30.6. The number of aliphatic hydroxyl groups is 1. The molecule has 1 aliphatic rings. The van der Waals surface area contributed by atoms with E-state index in [9.17, 15) is 9.50 Å². The Morgan fingerprint density at radius 2 is 1.55 bits per heavy atom. The molecule has 5 atom stereocenters. The first kappa shape index (κ1) is 35.5. The number of methoxy groups -OCH3 is 2. The predicted octanol–water partition coefficient (Wildman–Crippen LogP) is 4.74. The smallest absolute Gasteiger partial charge is 0.231 e. The largest absolute Gasteiger partial charge is 0.415 e. The van der Waals surface area contributed by atoms with Gasteiger partial charge in [-0.1, -0.05) is 24.3 Å². The second kappa shape index (κ2) is 15.9. The van der Waals surface area contributed by atoms with Gasteiger partial charge < -0.3 is 37.0 Å². The third-order valence-corrected chi connectivity index (χ3v) is 10.7. The summed E-state index contributed by atoms with van der Waals surface area (Å²) in [5, 5.41) is 12.5. The van der Waals surface area contributed by atoms with Gasteiger partial charge in [0.1, 0.15) is 30.2 Å². The molecule has 0 unspecified atom stereocenters. The maximum Gasteiger partial charge on any atom is 0.231 e. The molecule has 8 nitrogen and oxygen atoms in total. The van der Waals surface area contributed by atoms with E-state index in [1.165, 1.54) is 23.5 Å². The van der Waals surface area contributed by atoms with Gasteiger partial charge in [-0.3, -0.25) is 0 Å². The number of ether oxygens (including phenoxy) is 3. The van der Waals surface area contributed by atoms with Gasteiger partial charge in [0, 0.05) is 30.2 Å².